The Morgan fingerprint density at radius 2 is 2.25 bits per heavy atom. The van der Waals surface area contributed by atoms with Crippen molar-refractivity contribution >= 4 is 17.2 Å². The van der Waals surface area contributed by atoms with Crippen LogP contribution in [0.5, 0.6) is 0 Å². The third kappa shape index (κ3) is 2.93. The van der Waals surface area contributed by atoms with E-state index in [9.17, 15) is 0 Å². The van der Waals surface area contributed by atoms with Crippen LogP contribution in [-0.4, -0.2) is 11.7 Å². The number of thiocarbonyl (C=S) groups is 1. The molecule has 0 amide bonds. The van der Waals surface area contributed by atoms with Crippen LogP contribution >= 0.6 is 12.2 Å². The summed E-state index contributed by atoms with van der Waals surface area (Å²) in [6.07, 6.45) is 0. The van der Waals surface area contributed by atoms with Crippen LogP contribution < -0.4 is 11.1 Å². The monoisotopic (exact) mass is 132 g/mol. The standard InChI is InChI=1S/C5H12N2S/c1-4(2)5(8)7-3-6/h4H,3,6H2,1-2H3,(H,7,8). The molecule has 0 aromatic carbocycles. The van der Waals surface area contributed by atoms with Crippen LogP contribution in [0.25, 0.3) is 0 Å². The third-order valence-corrected chi connectivity index (χ3v) is 1.42. The van der Waals surface area contributed by atoms with Gasteiger partial charge in [0, 0.05) is 5.92 Å². The first-order valence-corrected chi connectivity index (χ1v) is 3.07. The first-order valence-electron chi connectivity index (χ1n) is 2.66. The van der Waals surface area contributed by atoms with Crippen LogP contribution in [0.15, 0.2) is 0 Å². The maximum Gasteiger partial charge on any atom is 0.0789 e. The van der Waals surface area contributed by atoms with E-state index in [1.165, 1.54) is 0 Å². The van der Waals surface area contributed by atoms with E-state index < -0.39 is 0 Å². The van der Waals surface area contributed by atoms with Gasteiger partial charge >= 0.3 is 0 Å². The molecule has 0 aliphatic rings. The Kier molecular flexibility index (Phi) is 3.73. The summed E-state index contributed by atoms with van der Waals surface area (Å²) in [5.74, 6) is 0.411. The lowest BCUT2D eigenvalue weighted by molar-refractivity contribution is 0.816. The van der Waals surface area contributed by atoms with Gasteiger partial charge in [0.05, 0.1) is 11.7 Å². The van der Waals surface area contributed by atoms with Crippen molar-refractivity contribution in [1.82, 2.24) is 5.32 Å². The minimum absolute atomic E-state index is 0.411. The highest BCUT2D eigenvalue weighted by Crippen LogP contribution is 1.91. The van der Waals surface area contributed by atoms with Gasteiger partial charge in [-0.2, -0.15) is 0 Å². The first-order chi connectivity index (χ1) is 3.68. The summed E-state index contributed by atoms with van der Waals surface area (Å²) >= 11 is 4.89. The SMILES string of the molecule is CC(C)C(=S)NCN. The second-order valence-corrected chi connectivity index (χ2v) is 2.34. The molecule has 3 heteroatoms. The van der Waals surface area contributed by atoms with Crippen LogP contribution in [0.1, 0.15) is 13.8 Å². The van der Waals surface area contributed by atoms with E-state index in [4.69, 9.17) is 18.0 Å². The fourth-order valence-corrected chi connectivity index (χ4v) is 0.388. The summed E-state index contributed by atoms with van der Waals surface area (Å²) in [4.78, 5) is 0.840. The van der Waals surface area contributed by atoms with E-state index in [0.717, 1.165) is 4.99 Å². The quantitative estimate of drug-likeness (QED) is 0.424. The van der Waals surface area contributed by atoms with Crippen molar-refractivity contribution in [3.05, 3.63) is 0 Å². The second kappa shape index (κ2) is 3.80. The fourth-order valence-electron chi connectivity index (χ4n) is 0.305. The van der Waals surface area contributed by atoms with Gasteiger partial charge in [0.2, 0.25) is 0 Å². The van der Waals surface area contributed by atoms with Crippen LogP contribution in [0.2, 0.25) is 0 Å². The number of hydrogen-bond donors (Lipinski definition) is 2. The van der Waals surface area contributed by atoms with Crippen molar-refractivity contribution in [3.8, 4) is 0 Å². The van der Waals surface area contributed by atoms with Crippen molar-refractivity contribution < 1.29 is 0 Å². The van der Waals surface area contributed by atoms with Gasteiger partial charge in [-0.1, -0.05) is 26.1 Å². The fraction of sp³-hybridized carbons (Fsp3) is 0.800. The lowest BCUT2D eigenvalue weighted by Crippen LogP contribution is -2.31. The van der Waals surface area contributed by atoms with Crippen molar-refractivity contribution in [2.45, 2.75) is 13.8 Å². The number of nitrogens with one attached hydrogen (secondary N) is 1. The van der Waals surface area contributed by atoms with E-state index in [1.807, 2.05) is 13.8 Å². The summed E-state index contributed by atoms with van der Waals surface area (Å²) in [5, 5.41) is 2.85. The number of hydrogen-bond acceptors (Lipinski definition) is 2. The molecule has 0 radical (unpaired) electrons. The van der Waals surface area contributed by atoms with E-state index in [-0.39, 0.29) is 0 Å². The largest absolute Gasteiger partial charge is 0.367 e. The topological polar surface area (TPSA) is 38.0 Å². The maximum absolute atomic E-state index is 5.17. The van der Waals surface area contributed by atoms with Crippen LogP contribution in [-0.2, 0) is 0 Å². The number of nitrogens with two attached hydrogens (primary N) is 1. The van der Waals surface area contributed by atoms with Crippen molar-refractivity contribution in [2.75, 3.05) is 6.67 Å². The molecule has 0 saturated heterocycles. The normalized spacial score (nSPS) is 9.50. The average molecular weight is 132 g/mol. The molecule has 0 rings (SSSR count). The summed E-state index contributed by atoms with van der Waals surface area (Å²) in [7, 11) is 0. The molecule has 0 fully saturated rings. The van der Waals surface area contributed by atoms with Gasteiger partial charge in [0.1, 0.15) is 0 Å². The molecule has 2 nitrogen and oxygen atoms in total. The molecule has 0 aromatic heterocycles. The molecule has 0 atom stereocenters. The molecule has 0 saturated carbocycles. The summed E-state index contributed by atoms with van der Waals surface area (Å²) in [6, 6.07) is 0. The highest BCUT2D eigenvalue weighted by atomic mass is 32.1. The zero-order valence-electron chi connectivity index (χ0n) is 5.27. The Morgan fingerprint density at radius 1 is 1.75 bits per heavy atom. The molecule has 48 valence electrons. The zero-order chi connectivity index (χ0) is 6.57. The second-order valence-electron chi connectivity index (χ2n) is 1.90. The Bertz CT molecular complexity index is 80.5. The molecule has 0 unspecified atom stereocenters. The predicted molar refractivity (Wildman–Crippen MR) is 39.6 cm³/mol. The maximum atomic E-state index is 5.17. The zero-order valence-corrected chi connectivity index (χ0v) is 6.09. The molecule has 8 heavy (non-hydrogen) atoms. The first kappa shape index (κ1) is 7.85. The Hall–Kier alpha value is -0.150. The molecule has 0 aliphatic carbocycles. The van der Waals surface area contributed by atoms with E-state index in [1.54, 1.807) is 0 Å². The van der Waals surface area contributed by atoms with Gasteiger partial charge in [0.15, 0.2) is 0 Å². The van der Waals surface area contributed by atoms with Crippen LogP contribution in [0, 0.1) is 5.92 Å². The van der Waals surface area contributed by atoms with Gasteiger partial charge in [-0.05, 0) is 0 Å². The highest BCUT2D eigenvalue weighted by Gasteiger charge is 1.97. The van der Waals surface area contributed by atoms with Gasteiger partial charge in [-0.15, -0.1) is 0 Å². The van der Waals surface area contributed by atoms with E-state index in [2.05, 4.69) is 5.32 Å². The summed E-state index contributed by atoms with van der Waals surface area (Å²) < 4.78 is 0. The van der Waals surface area contributed by atoms with Gasteiger partial charge in [-0.25, -0.2) is 0 Å². The average Bonchev–Trinajstić information content (AvgIpc) is 1.67. The molecule has 0 bridgehead atoms. The molecule has 0 aliphatic heterocycles. The van der Waals surface area contributed by atoms with Gasteiger partial charge in [0.25, 0.3) is 0 Å². The molecular formula is C5H12N2S. The lowest BCUT2D eigenvalue weighted by atomic mass is 10.2. The highest BCUT2D eigenvalue weighted by molar-refractivity contribution is 7.80. The lowest BCUT2D eigenvalue weighted by Gasteiger charge is -2.06. The Morgan fingerprint density at radius 3 is 2.38 bits per heavy atom. The van der Waals surface area contributed by atoms with Gasteiger partial charge < -0.3 is 11.1 Å². The molecule has 0 spiro atoms. The number of rotatable bonds is 2. The van der Waals surface area contributed by atoms with Crippen molar-refractivity contribution in [3.63, 3.8) is 0 Å². The van der Waals surface area contributed by atoms with E-state index >= 15 is 0 Å². The van der Waals surface area contributed by atoms with Crippen LogP contribution in [0.3, 0.4) is 0 Å². The Balaban J connectivity index is 3.33. The minimum atomic E-state index is 0.411. The van der Waals surface area contributed by atoms with E-state index in [0.29, 0.717) is 12.6 Å². The van der Waals surface area contributed by atoms with Crippen molar-refractivity contribution in [1.29, 1.82) is 0 Å². The van der Waals surface area contributed by atoms with Gasteiger partial charge in [-0.3, -0.25) is 0 Å². The third-order valence-electron chi connectivity index (χ3n) is 0.801. The molecule has 0 aromatic rings. The predicted octanol–water partition coefficient (Wildman–Crippen LogP) is 0.476. The van der Waals surface area contributed by atoms with Crippen LogP contribution in [0.4, 0.5) is 0 Å². The molecule has 0 heterocycles. The Labute approximate surface area is 55.4 Å². The smallest absolute Gasteiger partial charge is 0.0789 e. The summed E-state index contributed by atoms with van der Waals surface area (Å²) in [5.41, 5.74) is 5.17. The minimum Gasteiger partial charge on any atom is -0.367 e. The molecule has 3 N–H and O–H groups in total. The summed E-state index contributed by atoms with van der Waals surface area (Å²) in [6.45, 7) is 4.51. The molecular weight excluding hydrogens is 120 g/mol. The van der Waals surface area contributed by atoms with Crippen molar-refractivity contribution in [2.24, 2.45) is 11.7 Å².